The van der Waals surface area contributed by atoms with Crippen LogP contribution in [-0.4, -0.2) is 77.7 Å². The number of hydrogen-bond donors (Lipinski definition) is 2. The lowest BCUT2D eigenvalue weighted by molar-refractivity contribution is -0.140. The molecule has 0 aromatic heterocycles. The highest BCUT2D eigenvalue weighted by atomic mass is 16.5. The molecule has 2 aliphatic heterocycles. The van der Waals surface area contributed by atoms with Gasteiger partial charge in [0, 0.05) is 31.7 Å². The van der Waals surface area contributed by atoms with Gasteiger partial charge in [0.1, 0.15) is 17.3 Å². The van der Waals surface area contributed by atoms with Crippen LogP contribution in [0.4, 0.5) is 0 Å². The minimum atomic E-state index is -0.811. The molecule has 2 aliphatic rings. The van der Waals surface area contributed by atoms with Gasteiger partial charge in [-0.25, -0.2) is 0 Å². The second-order valence-electron chi connectivity index (χ2n) is 8.00. The molecule has 33 heavy (non-hydrogen) atoms. The zero-order valence-electron chi connectivity index (χ0n) is 18.6. The van der Waals surface area contributed by atoms with Crippen LogP contribution < -0.4 is 4.74 Å². The highest BCUT2D eigenvalue weighted by Gasteiger charge is 2.46. The number of rotatable bonds is 7. The number of ether oxygens (including phenoxy) is 2. The summed E-state index contributed by atoms with van der Waals surface area (Å²) in [6.45, 7) is 5.96. The molecule has 1 amide bonds. The number of hydrogen-bond acceptors (Lipinski definition) is 7. The minimum Gasteiger partial charge on any atom is -0.508 e. The number of aromatic hydroxyl groups is 1. The molecule has 2 saturated heterocycles. The van der Waals surface area contributed by atoms with Crippen LogP contribution in [0.3, 0.4) is 0 Å². The zero-order valence-corrected chi connectivity index (χ0v) is 18.6. The summed E-state index contributed by atoms with van der Waals surface area (Å²) in [4.78, 5) is 29.8. The smallest absolute Gasteiger partial charge is 0.295 e. The van der Waals surface area contributed by atoms with Crippen molar-refractivity contribution in [3.63, 3.8) is 0 Å². The summed E-state index contributed by atoms with van der Waals surface area (Å²) in [7, 11) is 0. The molecule has 4 rings (SSSR count). The van der Waals surface area contributed by atoms with Crippen LogP contribution in [0, 0.1) is 0 Å². The summed E-state index contributed by atoms with van der Waals surface area (Å²) in [6, 6.07) is 12.4. The molecule has 174 valence electrons. The monoisotopic (exact) mass is 452 g/mol. The lowest BCUT2D eigenvalue weighted by atomic mass is 9.95. The van der Waals surface area contributed by atoms with E-state index in [0.717, 1.165) is 13.1 Å². The number of likely N-dealkylation sites (tertiary alicyclic amines) is 1. The molecule has 1 unspecified atom stereocenters. The molecule has 0 aliphatic carbocycles. The average Bonchev–Trinajstić information content (AvgIpc) is 3.08. The lowest BCUT2D eigenvalue weighted by Crippen LogP contribution is -2.42. The first-order valence-corrected chi connectivity index (χ1v) is 11.1. The van der Waals surface area contributed by atoms with Gasteiger partial charge in [-0.2, -0.15) is 0 Å². The first-order chi connectivity index (χ1) is 16.0. The maximum absolute atomic E-state index is 13.1. The molecule has 2 heterocycles. The standard InChI is InChI=1S/C25H28N2O6/c1-2-33-20-8-4-6-18(16-20)23(29)21-22(17-5-3-7-19(28)15-17)27(25(31)24(21)30)10-9-26-11-13-32-14-12-26/h3-8,15-16,22,28-29H,2,9-14H2,1H3/b23-21+. The molecule has 2 N–H and O–H groups in total. The second kappa shape index (κ2) is 10.1. The van der Waals surface area contributed by atoms with Gasteiger partial charge in [0.25, 0.3) is 11.7 Å². The Kier molecular flexibility index (Phi) is 6.96. The van der Waals surface area contributed by atoms with E-state index in [4.69, 9.17) is 9.47 Å². The fourth-order valence-corrected chi connectivity index (χ4v) is 4.28. The van der Waals surface area contributed by atoms with E-state index in [-0.39, 0.29) is 17.1 Å². The Balaban J connectivity index is 1.74. The van der Waals surface area contributed by atoms with Crippen molar-refractivity contribution < 1.29 is 29.3 Å². The Labute approximate surface area is 192 Å². The summed E-state index contributed by atoms with van der Waals surface area (Å²) < 4.78 is 10.9. The van der Waals surface area contributed by atoms with E-state index in [2.05, 4.69) is 4.90 Å². The average molecular weight is 453 g/mol. The van der Waals surface area contributed by atoms with Gasteiger partial charge in [-0.05, 0) is 36.8 Å². The lowest BCUT2D eigenvalue weighted by Gasteiger charge is -2.31. The first-order valence-electron chi connectivity index (χ1n) is 11.1. The van der Waals surface area contributed by atoms with Crippen molar-refractivity contribution in [2.45, 2.75) is 13.0 Å². The van der Waals surface area contributed by atoms with Crippen molar-refractivity contribution in [3.8, 4) is 11.5 Å². The maximum atomic E-state index is 13.1. The third kappa shape index (κ3) is 4.86. The Bertz CT molecular complexity index is 1060. The number of ketones is 1. The van der Waals surface area contributed by atoms with E-state index < -0.39 is 17.7 Å². The Hall–Kier alpha value is -3.36. The molecule has 1 atom stereocenters. The number of nitrogens with zero attached hydrogens (tertiary/aromatic N) is 2. The number of carbonyl (C=O) groups excluding carboxylic acids is 2. The van der Waals surface area contributed by atoms with E-state index in [9.17, 15) is 19.8 Å². The molecular weight excluding hydrogens is 424 g/mol. The summed E-state index contributed by atoms with van der Waals surface area (Å²) in [5.41, 5.74) is 0.942. The maximum Gasteiger partial charge on any atom is 0.295 e. The SMILES string of the molecule is CCOc1cccc(/C(O)=C2\C(=O)C(=O)N(CCN3CCOCC3)C2c2cccc(O)c2)c1. The van der Waals surface area contributed by atoms with E-state index >= 15 is 0 Å². The Morgan fingerprint density at radius 1 is 1.09 bits per heavy atom. The van der Waals surface area contributed by atoms with Crippen molar-refractivity contribution in [1.29, 1.82) is 0 Å². The molecule has 2 aromatic carbocycles. The normalized spacial score (nSPS) is 20.9. The van der Waals surface area contributed by atoms with Crippen LogP contribution in [0.15, 0.2) is 54.1 Å². The van der Waals surface area contributed by atoms with Gasteiger partial charge in [-0.3, -0.25) is 14.5 Å². The number of phenolic OH excluding ortho intramolecular Hbond substituents is 1. The van der Waals surface area contributed by atoms with Crippen molar-refractivity contribution in [3.05, 3.63) is 65.2 Å². The van der Waals surface area contributed by atoms with Crippen molar-refractivity contribution >= 4 is 17.4 Å². The summed E-state index contributed by atoms with van der Waals surface area (Å²) in [5, 5.41) is 21.2. The van der Waals surface area contributed by atoms with E-state index in [0.29, 0.717) is 49.8 Å². The molecule has 0 spiro atoms. The van der Waals surface area contributed by atoms with Crippen LogP contribution in [-0.2, 0) is 14.3 Å². The van der Waals surface area contributed by atoms with Crippen LogP contribution in [0.1, 0.15) is 24.1 Å². The predicted octanol–water partition coefficient (Wildman–Crippen LogP) is 2.54. The number of carbonyl (C=O) groups is 2. The van der Waals surface area contributed by atoms with Gasteiger partial charge in [0.15, 0.2) is 0 Å². The van der Waals surface area contributed by atoms with Gasteiger partial charge >= 0.3 is 0 Å². The fraction of sp³-hybridized carbons (Fsp3) is 0.360. The van der Waals surface area contributed by atoms with Crippen molar-refractivity contribution in [2.24, 2.45) is 0 Å². The van der Waals surface area contributed by atoms with Gasteiger partial charge in [-0.1, -0.05) is 24.3 Å². The number of aliphatic hydroxyl groups excluding tert-OH is 1. The van der Waals surface area contributed by atoms with E-state index in [1.54, 1.807) is 36.4 Å². The molecule has 0 radical (unpaired) electrons. The van der Waals surface area contributed by atoms with E-state index in [1.165, 1.54) is 17.0 Å². The number of benzene rings is 2. The van der Waals surface area contributed by atoms with Gasteiger partial charge in [0.05, 0.1) is 31.4 Å². The largest absolute Gasteiger partial charge is 0.508 e. The number of morpholine rings is 1. The van der Waals surface area contributed by atoms with Crippen molar-refractivity contribution in [2.75, 3.05) is 46.0 Å². The zero-order chi connectivity index (χ0) is 23.4. The molecule has 8 heteroatoms. The Morgan fingerprint density at radius 3 is 2.58 bits per heavy atom. The fourth-order valence-electron chi connectivity index (χ4n) is 4.28. The van der Waals surface area contributed by atoms with Gasteiger partial charge < -0.3 is 24.6 Å². The number of phenols is 1. The molecule has 8 nitrogen and oxygen atoms in total. The minimum absolute atomic E-state index is 0.00114. The number of amides is 1. The first kappa shape index (κ1) is 22.8. The van der Waals surface area contributed by atoms with Crippen molar-refractivity contribution in [1.82, 2.24) is 9.80 Å². The third-order valence-corrected chi connectivity index (χ3v) is 5.91. The van der Waals surface area contributed by atoms with Crippen LogP contribution >= 0.6 is 0 Å². The number of Topliss-reactive ketones (excluding diaryl/α,β-unsaturated/α-hetero) is 1. The Morgan fingerprint density at radius 2 is 1.85 bits per heavy atom. The highest BCUT2D eigenvalue weighted by Crippen LogP contribution is 2.40. The van der Waals surface area contributed by atoms with Crippen LogP contribution in [0.5, 0.6) is 11.5 Å². The number of aliphatic hydroxyl groups is 1. The van der Waals surface area contributed by atoms with Gasteiger partial charge in [-0.15, -0.1) is 0 Å². The molecule has 0 saturated carbocycles. The highest BCUT2D eigenvalue weighted by molar-refractivity contribution is 6.46. The molecule has 0 bridgehead atoms. The van der Waals surface area contributed by atoms with Gasteiger partial charge in [0.2, 0.25) is 0 Å². The van der Waals surface area contributed by atoms with E-state index in [1.807, 2.05) is 6.92 Å². The summed E-state index contributed by atoms with van der Waals surface area (Å²) >= 11 is 0. The summed E-state index contributed by atoms with van der Waals surface area (Å²) in [6.07, 6.45) is 0. The predicted molar refractivity (Wildman–Crippen MR) is 122 cm³/mol. The summed E-state index contributed by atoms with van der Waals surface area (Å²) in [5.74, 6) is -1.11. The topological polar surface area (TPSA) is 99.5 Å². The van der Waals surface area contributed by atoms with Crippen LogP contribution in [0.2, 0.25) is 0 Å². The molecular formula is C25H28N2O6. The quantitative estimate of drug-likeness (QED) is 0.378. The van der Waals surface area contributed by atoms with Crippen LogP contribution in [0.25, 0.3) is 5.76 Å². The third-order valence-electron chi connectivity index (χ3n) is 5.91. The molecule has 2 fully saturated rings. The second-order valence-corrected chi connectivity index (χ2v) is 8.00. The molecule has 2 aromatic rings.